The van der Waals surface area contributed by atoms with E-state index in [1.54, 1.807) is 18.2 Å². The number of rotatable bonds is 2. The summed E-state index contributed by atoms with van der Waals surface area (Å²) in [5.74, 6) is 0.509. The third kappa shape index (κ3) is 2.30. The molecule has 66 valence electrons. The molecule has 0 spiro atoms. The maximum atomic E-state index is 5.55. The summed E-state index contributed by atoms with van der Waals surface area (Å²) >= 11 is 0. The largest absolute Gasteiger partial charge is 0.384 e. The highest BCUT2D eigenvalue weighted by Gasteiger charge is 1.86. The van der Waals surface area contributed by atoms with Crippen molar-refractivity contribution in [2.45, 2.75) is 0 Å². The van der Waals surface area contributed by atoms with Gasteiger partial charge in [0, 0.05) is 5.22 Å². The van der Waals surface area contributed by atoms with Crippen molar-refractivity contribution in [1.82, 2.24) is 4.98 Å². The molecule has 0 unspecified atom stereocenters. The zero-order valence-electron chi connectivity index (χ0n) is 7.40. The first-order valence-corrected chi connectivity index (χ1v) is 3.96. The molecule has 0 atom stereocenters. The van der Waals surface area contributed by atoms with Gasteiger partial charge in [0.2, 0.25) is 0 Å². The van der Waals surface area contributed by atoms with Crippen molar-refractivity contribution >= 4 is 18.0 Å². The van der Waals surface area contributed by atoms with Crippen molar-refractivity contribution in [3.8, 4) is 0 Å². The molecule has 2 nitrogen and oxygen atoms in total. The number of allylic oxidation sites excluding steroid dienone is 2. The number of nitrogens with two attached hydrogens (primary N) is 1. The van der Waals surface area contributed by atoms with Crippen LogP contribution in [0, 0.1) is 0 Å². The van der Waals surface area contributed by atoms with Gasteiger partial charge in [-0.25, -0.2) is 4.98 Å². The van der Waals surface area contributed by atoms with Crippen LogP contribution in [0.25, 0.3) is 12.2 Å². The fraction of sp³-hybridized carbons (Fsp3) is 0. The second-order valence-electron chi connectivity index (χ2n) is 2.52. The summed E-state index contributed by atoms with van der Waals surface area (Å²) in [4.78, 5) is 4.15. The van der Waals surface area contributed by atoms with Gasteiger partial charge in [0.05, 0.1) is 5.35 Å². The summed E-state index contributed by atoms with van der Waals surface area (Å²) in [6.07, 6.45) is 7.09. The van der Waals surface area contributed by atoms with Gasteiger partial charge in [-0.1, -0.05) is 31.4 Å². The fourth-order valence-electron chi connectivity index (χ4n) is 1.01. The summed E-state index contributed by atoms with van der Waals surface area (Å²) in [6, 6.07) is 3.66. The number of anilines is 1. The molecule has 1 aromatic heterocycles. The van der Waals surface area contributed by atoms with Crippen LogP contribution < -0.4 is 16.3 Å². The van der Waals surface area contributed by atoms with E-state index < -0.39 is 0 Å². The van der Waals surface area contributed by atoms with E-state index in [-0.39, 0.29) is 0 Å². The highest BCUT2D eigenvalue weighted by Crippen LogP contribution is 1.84. The Morgan fingerprint density at radius 2 is 1.85 bits per heavy atom. The third-order valence-electron chi connectivity index (χ3n) is 1.55. The summed E-state index contributed by atoms with van der Waals surface area (Å²) in [7, 11) is 0. The van der Waals surface area contributed by atoms with Crippen LogP contribution in [-0.4, -0.2) is 4.98 Å². The van der Waals surface area contributed by atoms with Gasteiger partial charge in [0.1, 0.15) is 5.82 Å². The zero-order valence-corrected chi connectivity index (χ0v) is 7.40. The number of hydrogen-bond acceptors (Lipinski definition) is 2. The van der Waals surface area contributed by atoms with E-state index in [9.17, 15) is 0 Å². The molecule has 0 aromatic carbocycles. The third-order valence-corrected chi connectivity index (χ3v) is 1.55. The fourth-order valence-corrected chi connectivity index (χ4v) is 1.01. The molecular formula is C11H12N2. The predicted molar refractivity (Wildman–Crippen MR) is 57.2 cm³/mol. The van der Waals surface area contributed by atoms with Crippen LogP contribution in [0.4, 0.5) is 5.82 Å². The average molecular weight is 172 g/mol. The van der Waals surface area contributed by atoms with Gasteiger partial charge < -0.3 is 5.73 Å². The zero-order chi connectivity index (χ0) is 9.68. The van der Waals surface area contributed by atoms with Crippen LogP contribution in [0.3, 0.4) is 0 Å². The number of hydrogen-bond donors (Lipinski definition) is 1. The molecular weight excluding hydrogens is 160 g/mol. The first-order valence-electron chi connectivity index (χ1n) is 3.96. The lowest BCUT2D eigenvalue weighted by molar-refractivity contribution is 1.23. The standard InChI is InChI=1S/C11H12N2/c1-3-5-9-7-8-11(12)13-10(9)6-4-2/h3-8H,1-2H2,(H2,12,13)/b9-5-,10-6+. The minimum absolute atomic E-state index is 0.509. The van der Waals surface area contributed by atoms with E-state index >= 15 is 0 Å². The Labute approximate surface area is 77.4 Å². The molecule has 1 heterocycles. The number of nitrogen functional groups attached to an aromatic ring is 1. The van der Waals surface area contributed by atoms with Crippen LogP contribution in [0.5, 0.6) is 0 Å². The summed E-state index contributed by atoms with van der Waals surface area (Å²) < 4.78 is 0. The SMILES string of the molecule is C=C/C=c1/ccc(N)n/c1=C/C=C. The highest BCUT2D eigenvalue weighted by molar-refractivity contribution is 5.42. The molecule has 1 rings (SSSR count). The Bertz CT molecular complexity index is 430. The van der Waals surface area contributed by atoms with Gasteiger partial charge in [0.15, 0.2) is 0 Å². The maximum Gasteiger partial charge on any atom is 0.124 e. The lowest BCUT2D eigenvalue weighted by atomic mass is 10.3. The van der Waals surface area contributed by atoms with Gasteiger partial charge in [-0.2, -0.15) is 0 Å². The van der Waals surface area contributed by atoms with Crippen LogP contribution in [0.15, 0.2) is 37.4 Å². The quantitative estimate of drug-likeness (QED) is 0.709. The normalized spacial score (nSPS) is 12.9. The molecule has 0 saturated carbocycles. The summed E-state index contributed by atoms with van der Waals surface area (Å²) in [5.41, 5.74) is 5.55. The predicted octanol–water partition coefficient (Wildman–Crippen LogP) is 0.597. The first kappa shape index (κ1) is 9.26. The minimum Gasteiger partial charge on any atom is -0.384 e. The first-order chi connectivity index (χ1) is 6.27. The van der Waals surface area contributed by atoms with Crippen molar-refractivity contribution < 1.29 is 0 Å². The van der Waals surface area contributed by atoms with Gasteiger partial charge in [-0.15, -0.1) is 0 Å². The Morgan fingerprint density at radius 3 is 2.46 bits per heavy atom. The molecule has 1 aromatic rings. The number of aromatic nitrogens is 1. The van der Waals surface area contributed by atoms with Crippen molar-refractivity contribution in [3.63, 3.8) is 0 Å². The van der Waals surface area contributed by atoms with Crippen molar-refractivity contribution in [1.29, 1.82) is 0 Å². The van der Waals surface area contributed by atoms with Crippen molar-refractivity contribution in [2.24, 2.45) is 0 Å². The van der Waals surface area contributed by atoms with Gasteiger partial charge in [0.25, 0.3) is 0 Å². The Morgan fingerprint density at radius 1 is 1.15 bits per heavy atom. The van der Waals surface area contributed by atoms with E-state index in [0.717, 1.165) is 10.6 Å². The number of pyridine rings is 1. The Hall–Kier alpha value is -1.83. The van der Waals surface area contributed by atoms with E-state index in [1.165, 1.54) is 0 Å². The van der Waals surface area contributed by atoms with Crippen LogP contribution in [0.1, 0.15) is 0 Å². The summed E-state index contributed by atoms with van der Waals surface area (Å²) in [6.45, 7) is 7.24. The van der Waals surface area contributed by atoms with Gasteiger partial charge in [-0.05, 0) is 18.2 Å². The molecule has 0 aliphatic rings. The molecule has 0 fully saturated rings. The molecule has 0 aliphatic carbocycles. The molecule has 0 saturated heterocycles. The van der Waals surface area contributed by atoms with E-state index in [1.807, 2.05) is 18.2 Å². The highest BCUT2D eigenvalue weighted by atomic mass is 14.8. The van der Waals surface area contributed by atoms with E-state index in [4.69, 9.17) is 5.73 Å². The molecule has 0 bridgehead atoms. The van der Waals surface area contributed by atoms with Crippen molar-refractivity contribution in [2.75, 3.05) is 5.73 Å². The van der Waals surface area contributed by atoms with Crippen LogP contribution in [0.2, 0.25) is 0 Å². The molecule has 2 heteroatoms. The smallest absolute Gasteiger partial charge is 0.124 e. The van der Waals surface area contributed by atoms with E-state index in [0.29, 0.717) is 5.82 Å². The van der Waals surface area contributed by atoms with Gasteiger partial charge in [-0.3, -0.25) is 0 Å². The minimum atomic E-state index is 0.509. The molecule has 0 aliphatic heterocycles. The Kier molecular flexibility index (Phi) is 3.03. The van der Waals surface area contributed by atoms with Gasteiger partial charge >= 0.3 is 0 Å². The molecule has 13 heavy (non-hydrogen) atoms. The second kappa shape index (κ2) is 4.26. The maximum absolute atomic E-state index is 5.55. The van der Waals surface area contributed by atoms with E-state index in [2.05, 4.69) is 18.1 Å². The molecule has 0 amide bonds. The van der Waals surface area contributed by atoms with Crippen LogP contribution in [-0.2, 0) is 0 Å². The second-order valence-corrected chi connectivity index (χ2v) is 2.52. The Balaban J connectivity index is 3.53. The van der Waals surface area contributed by atoms with Crippen molar-refractivity contribution in [3.05, 3.63) is 48.0 Å². The molecule has 0 radical (unpaired) electrons. The monoisotopic (exact) mass is 172 g/mol. The average Bonchev–Trinajstić information content (AvgIpc) is 2.10. The lowest BCUT2D eigenvalue weighted by Gasteiger charge is -1.91. The lowest BCUT2D eigenvalue weighted by Crippen LogP contribution is -2.28. The topological polar surface area (TPSA) is 38.9 Å². The van der Waals surface area contributed by atoms with Crippen LogP contribution >= 0.6 is 0 Å². The summed E-state index contributed by atoms with van der Waals surface area (Å²) in [5, 5.41) is 1.80. The molecule has 2 N–H and O–H groups in total. The number of nitrogens with zero attached hydrogens (tertiary/aromatic N) is 1.